The zero-order valence-corrected chi connectivity index (χ0v) is 10.4. The van der Waals surface area contributed by atoms with Crippen LogP contribution in [0.15, 0.2) is 24.5 Å². The summed E-state index contributed by atoms with van der Waals surface area (Å²) in [6.45, 7) is 0. The Morgan fingerprint density at radius 1 is 0.889 bits per heavy atom. The van der Waals surface area contributed by atoms with Gasteiger partial charge in [0.1, 0.15) is 0 Å². The van der Waals surface area contributed by atoms with Crippen LogP contribution < -0.4 is 0 Å². The predicted molar refractivity (Wildman–Crippen MR) is 71.5 cm³/mol. The van der Waals surface area contributed by atoms with Crippen molar-refractivity contribution in [1.82, 2.24) is 9.97 Å². The lowest BCUT2D eigenvalue weighted by molar-refractivity contribution is 0.882. The van der Waals surface area contributed by atoms with Crippen molar-refractivity contribution in [3.05, 3.63) is 46.9 Å². The average Bonchev–Trinajstić information content (AvgIpc) is 3.06. The fourth-order valence-electron chi connectivity index (χ4n) is 3.46. The zero-order chi connectivity index (χ0) is 11.9. The first-order valence-electron chi connectivity index (χ1n) is 6.87. The van der Waals surface area contributed by atoms with Crippen LogP contribution in [0, 0.1) is 0 Å². The molecule has 0 unspecified atom stereocenters. The van der Waals surface area contributed by atoms with E-state index < -0.39 is 0 Å². The van der Waals surface area contributed by atoms with Crippen LogP contribution in [0.2, 0.25) is 0 Å². The normalized spacial score (nSPS) is 16.7. The molecule has 2 heterocycles. The van der Waals surface area contributed by atoms with Gasteiger partial charge < -0.3 is 0 Å². The van der Waals surface area contributed by atoms with Crippen molar-refractivity contribution in [3.8, 4) is 11.3 Å². The zero-order valence-electron chi connectivity index (χ0n) is 10.4. The summed E-state index contributed by atoms with van der Waals surface area (Å²) in [5.41, 5.74) is 8.45. The molecule has 0 N–H and O–H groups in total. The highest BCUT2D eigenvalue weighted by atomic mass is 14.7. The maximum atomic E-state index is 4.96. The SMILES string of the molecule is c1cncc(-c2nc3c(c4c2CCC4)CCC3)c1. The maximum absolute atomic E-state index is 4.96. The van der Waals surface area contributed by atoms with Gasteiger partial charge in [-0.3, -0.25) is 9.97 Å². The van der Waals surface area contributed by atoms with E-state index >= 15 is 0 Å². The molecule has 2 aromatic heterocycles. The van der Waals surface area contributed by atoms with Crippen LogP contribution in [0.5, 0.6) is 0 Å². The summed E-state index contributed by atoms with van der Waals surface area (Å²) in [6.07, 6.45) is 11.2. The van der Waals surface area contributed by atoms with Gasteiger partial charge >= 0.3 is 0 Å². The lowest BCUT2D eigenvalue weighted by Crippen LogP contribution is -2.00. The fourth-order valence-corrected chi connectivity index (χ4v) is 3.46. The van der Waals surface area contributed by atoms with E-state index in [1.54, 1.807) is 11.1 Å². The summed E-state index contributed by atoms with van der Waals surface area (Å²) in [6, 6.07) is 4.14. The number of aromatic nitrogens is 2. The first-order valence-corrected chi connectivity index (χ1v) is 6.87. The van der Waals surface area contributed by atoms with Gasteiger partial charge in [-0.05, 0) is 67.3 Å². The van der Waals surface area contributed by atoms with E-state index in [-0.39, 0.29) is 0 Å². The van der Waals surface area contributed by atoms with Crippen molar-refractivity contribution in [2.75, 3.05) is 0 Å². The summed E-state index contributed by atoms with van der Waals surface area (Å²) in [5.74, 6) is 0. The van der Waals surface area contributed by atoms with Gasteiger partial charge in [0.05, 0.1) is 5.69 Å². The number of pyridine rings is 2. The molecule has 0 aliphatic heterocycles. The molecule has 0 amide bonds. The molecule has 0 saturated carbocycles. The average molecular weight is 236 g/mol. The van der Waals surface area contributed by atoms with Gasteiger partial charge in [-0.15, -0.1) is 0 Å². The lowest BCUT2D eigenvalue weighted by atomic mass is 9.99. The van der Waals surface area contributed by atoms with Crippen molar-refractivity contribution in [1.29, 1.82) is 0 Å². The van der Waals surface area contributed by atoms with Crippen molar-refractivity contribution >= 4 is 0 Å². The van der Waals surface area contributed by atoms with Crippen molar-refractivity contribution in [3.63, 3.8) is 0 Å². The molecule has 2 aliphatic rings. The largest absolute Gasteiger partial charge is 0.264 e. The Morgan fingerprint density at radius 2 is 1.72 bits per heavy atom. The third kappa shape index (κ3) is 1.41. The van der Waals surface area contributed by atoms with Gasteiger partial charge in [0.2, 0.25) is 0 Å². The molecule has 2 heteroatoms. The number of hydrogen-bond acceptors (Lipinski definition) is 2. The topological polar surface area (TPSA) is 25.8 Å². The third-order valence-corrected chi connectivity index (χ3v) is 4.24. The van der Waals surface area contributed by atoms with Gasteiger partial charge in [0, 0.05) is 23.7 Å². The van der Waals surface area contributed by atoms with E-state index in [0.717, 1.165) is 6.42 Å². The number of aryl methyl sites for hydroxylation is 1. The number of rotatable bonds is 1. The smallest absolute Gasteiger partial charge is 0.0755 e. The Kier molecular flexibility index (Phi) is 2.22. The first-order chi connectivity index (χ1) is 8.93. The minimum atomic E-state index is 1.16. The van der Waals surface area contributed by atoms with Crippen LogP contribution >= 0.6 is 0 Å². The highest BCUT2D eigenvalue weighted by Crippen LogP contribution is 2.37. The lowest BCUT2D eigenvalue weighted by Gasteiger charge is -2.12. The van der Waals surface area contributed by atoms with Crippen LogP contribution in [0.1, 0.15) is 35.2 Å². The maximum Gasteiger partial charge on any atom is 0.0755 e. The second-order valence-corrected chi connectivity index (χ2v) is 5.29. The van der Waals surface area contributed by atoms with Gasteiger partial charge in [-0.25, -0.2) is 0 Å². The quantitative estimate of drug-likeness (QED) is 0.760. The van der Waals surface area contributed by atoms with E-state index in [1.165, 1.54) is 54.6 Å². The molecule has 2 aromatic rings. The summed E-state index contributed by atoms with van der Waals surface area (Å²) in [5, 5.41) is 0. The van der Waals surface area contributed by atoms with Gasteiger partial charge in [0.15, 0.2) is 0 Å². The second-order valence-electron chi connectivity index (χ2n) is 5.29. The van der Waals surface area contributed by atoms with E-state index in [1.807, 2.05) is 18.5 Å². The molecule has 0 fully saturated rings. The summed E-state index contributed by atoms with van der Waals surface area (Å²) in [7, 11) is 0. The molecule has 18 heavy (non-hydrogen) atoms. The fraction of sp³-hybridized carbons (Fsp3) is 0.375. The summed E-state index contributed by atoms with van der Waals surface area (Å²) >= 11 is 0. The number of nitrogens with zero attached hydrogens (tertiary/aromatic N) is 2. The molecule has 0 aromatic carbocycles. The number of hydrogen-bond donors (Lipinski definition) is 0. The van der Waals surface area contributed by atoms with Crippen LogP contribution in [-0.2, 0) is 25.7 Å². The molecular weight excluding hydrogens is 220 g/mol. The highest BCUT2D eigenvalue weighted by molar-refractivity contribution is 5.66. The minimum Gasteiger partial charge on any atom is -0.264 e. The molecule has 2 aliphatic carbocycles. The van der Waals surface area contributed by atoms with Crippen molar-refractivity contribution < 1.29 is 0 Å². The van der Waals surface area contributed by atoms with Crippen LogP contribution in [-0.4, -0.2) is 9.97 Å². The monoisotopic (exact) mass is 236 g/mol. The van der Waals surface area contributed by atoms with Gasteiger partial charge in [-0.2, -0.15) is 0 Å². The molecule has 2 nitrogen and oxygen atoms in total. The first kappa shape index (κ1) is 10.2. The molecular formula is C16H16N2. The Labute approximate surface area is 107 Å². The van der Waals surface area contributed by atoms with Gasteiger partial charge in [0.25, 0.3) is 0 Å². The molecule has 0 bridgehead atoms. The second kappa shape index (κ2) is 3.91. The van der Waals surface area contributed by atoms with E-state index in [2.05, 4.69) is 11.1 Å². The molecule has 0 radical (unpaired) electrons. The Balaban J connectivity index is 1.97. The highest BCUT2D eigenvalue weighted by Gasteiger charge is 2.25. The van der Waals surface area contributed by atoms with Crippen molar-refractivity contribution in [2.45, 2.75) is 38.5 Å². The molecule has 0 atom stereocenters. The van der Waals surface area contributed by atoms with E-state index in [0.29, 0.717) is 0 Å². The summed E-state index contributed by atoms with van der Waals surface area (Å²) in [4.78, 5) is 9.20. The Morgan fingerprint density at radius 3 is 2.61 bits per heavy atom. The van der Waals surface area contributed by atoms with E-state index in [9.17, 15) is 0 Å². The van der Waals surface area contributed by atoms with E-state index in [4.69, 9.17) is 4.98 Å². The van der Waals surface area contributed by atoms with Crippen LogP contribution in [0.4, 0.5) is 0 Å². The molecule has 4 rings (SSSR count). The molecule has 0 saturated heterocycles. The van der Waals surface area contributed by atoms with Gasteiger partial charge in [-0.1, -0.05) is 0 Å². The van der Waals surface area contributed by atoms with Crippen molar-refractivity contribution in [2.24, 2.45) is 0 Å². The van der Waals surface area contributed by atoms with Crippen LogP contribution in [0.25, 0.3) is 11.3 Å². The molecule has 90 valence electrons. The standard InChI is InChI=1S/C16H16N2/c1-5-12-13-6-2-8-15(13)18-16(14(12)7-1)11-4-3-9-17-10-11/h3-4,9-10H,1-2,5-8H2. The third-order valence-electron chi connectivity index (χ3n) is 4.24. The summed E-state index contributed by atoms with van der Waals surface area (Å²) < 4.78 is 0. The Bertz CT molecular complexity index is 602. The van der Waals surface area contributed by atoms with Crippen LogP contribution in [0.3, 0.4) is 0 Å². The molecule has 0 spiro atoms. The Hall–Kier alpha value is -1.70. The predicted octanol–water partition coefficient (Wildman–Crippen LogP) is 3.12. The number of fused-ring (bicyclic) bond motifs is 3. The minimum absolute atomic E-state index is 1.16.